The van der Waals surface area contributed by atoms with E-state index in [0.717, 1.165) is 6.42 Å². The molecule has 1 saturated carbocycles. The molecule has 0 bridgehead atoms. The summed E-state index contributed by atoms with van der Waals surface area (Å²) in [6, 6.07) is -0.823. The molecule has 0 heterocycles. The zero-order valence-electron chi connectivity index (χ0n) is 32.5. The van der Waals surface area contributed by atoms with Gasteiger partial charge in [-0.25, -0.2) is 0 Å². The van der Waals surface area contributed by atoms with E-state index in [1.165, 1.54) is 13.8 Å². The summed E-state index contributed by atoms with van der Waals surface area (Å²) in [4.78, 5) is 0. The van der Waals surface area contributed by atoms with Crippen LogP contribution in [-0.2, 0) is 0 Å². The molecule has 0 unspecified atom stereocenters. The van der Waals surface area contributed by atoms with Gasteiger partial charge in [-0.2, -0.15) is 0 Å². The van der Waals surface area contributed by atoms with Crippen molar-refractivity contribution in [3.8, 4) is 0 Å². The van der Waals surface area contributed by atoms with Crippen LogP contribution < -0.4 is 0 Å². The summed E-state index contributed by atoms with van der Waals surface area (Å²) >= 11 is 0. The van der Waals surface area contributed by atoms with Gasteiger partial charge < -0.3 is 5.11 Å². The molecule has 0 aromatic heterocycles. The highest BCUT2D eigenvalue weighted by Gasteiger charge is 2.52. The van der Waals surface area contributed by atoms with Gasteiger partial charge in [0.1, 0.15) is 0 Å². The maximum Gasteiger partial charge on any atom is 0.0579 e. The van der Waals surface area contributed by atoms with Gasteiger partial charge in [-0.3, -0.25) is 0 Å². The Morgan fingerprint density at radius 3 is 2.70 bits per heavy atom. The largest absolute Gasteiger partial charge is 0.393 e. The third kappa shape index (κ3) is 3.66. The maximum absolute atomic E-state index is 10.5. The summed E-state index contributed by atoms with van der Waals surface area (Å²) in [5, 5.41) is 10.5. The van der Waals surface area contributed by atoms with Crippen LogP contribution in [0.3, 0.4) is 0 Å². The Bertz CT molecular complexity index is 1240. The number of aliphatic hydroxyl groups is 1. The van der Waals surface area contributed by atoms with E-state index in [1.807, 2.05) is 6.92 Å². The van der Waals surface area contributed by atoms with E-state index < -0.39 is 95.7 Å². The zero-order chi connectivity index (χ0) is 33.4. The number of rotatable bonds is 6. The number of hydrogen-bond donors (Lipinski definition) is 1. The highest BCUT2D eigenvalue weighted by Crippen LogP contribution is 2.64. The van der Waals surface area contributed by atoms with E-state index in [-0.39, 0.29) is 18.8 Å². The standard InChI is InChI=1S/C29H48O/c1-7-21(19(2)3)9-8-20(4)25-12-13-26-24-11-10-22-18-23(30)14-16-28(22,5)27(24)15-17-29(25,26)6/h13,19-23,25,30H,7-12,14-18H2,1-6H3/t20-,21-,22+,23+,25-,28+,29-/m1/s1/i10D2,11D2,12D2,13D,15D2,17D2,22D,25D. The molecule has 0 aromatic rings. The Hall–Kier alpha value is -0.560. The molecule has 4 aliphatic rings. The zero-order valence-corrected chi connectivity index (χ0v) is 19.5. The molecule has 1 nitrogen and oxygen atoms in total. The molecule has 0 aliphatic heterocycles. The van der Waals surface area contributed by atoms with Crippen LogP contribution in [0.25, 0.3) is 0 Å². The van der Waals surface area contributed by atoms with Gasteiger partial charge in [-0.1, -0.05) is 66.0 Å². The highest BCUT2D eigenvalue weighted by molar-refractivity contribution is 5.49. The van der Waals surface area contributed by atoms with E-state index in [9.17, 15) is 18.8 Å². The van der Waals surface area contributed by atoms with Crippen molar-refractivity contribution in [1.82, 2.24) is 0 Å². The highest BCUT2D eigenvalue weighted by atomic mass is 16.3. The summed E-state index contributed by atoms with van der Waals surface area (Å²) in [6.45, 7) is 10.5. The minimum atomic E-state index is -3.16. The number of allylic oxidation sites excluding steroid dienone is 4. The average molecular weight is 426 g/mol. The Morgan fingerprint density at radius 2 is 2.00 bits per heavy atom. The van der Waals surface area contributed by atoms with E-state index >= 15 is 0 Å². The summed E-state index contributed by atoms with van der Waals surface area (Å²) in [5.74, 6) is -5.15. The van der Waals surface area contributed by atoms with Crippen LogP contribution in [0.1, 0.15) is 130 Å². The van der Waals surface area contributed by atoms with Crippen LogP contribution in [0, 0.1) is 40.4 Å². The van der Waals surface area contributed by atoms with Crippen LogP contribution in [0.2, 0.25) is 0 Å². The van der Waals surface area contributed by atoms with Crippen molar-refractivity contribution in [2.24, 2.45) is 40.4 Å². The van der Waals surface area contributed by atoms with Gasteiger partial charge in [0, 0.05) is 16.4 Å². The SMILES string of the molecule is [2H]C1=C2C3=C(C([2H])([2H])C([2H])([2H])[C@]2(C)[C@@]([2H])([C@H](C)CC[C@@H](CC)C(C)C)C1([2H])[2H])[C@@]1(C)CC[C@H](O)C[C@]1([2H])C([2H])([2H])C3([2H])[2H]. The second-order valence-electron chi connectivity index (χ2n) is 10.5. The van der Waals surface area contributed by atoms with Gasteiger partial charge in [-0.05, 0) is 109 Å². The number of aliphatic hydroxyl groups excluding tert-OH is 1. The third-order valence-electron chi connectivity index (χ3n) is 8.20. The Kier molecular flexibility index (Phi) is 3.24. The molecule has 0 spiro atoms. The Morgan fingerprint density at radius 1 is 1.23 bits per heavy atom. The minimum Gasteiger partial charge on any atom is -0.393 e. The topological polar surface area (TPSA) is 20.2 Å². The molecule has 0 amide bonds. The molecule has 4 aliphatic carbocycles. The molecule has 7 atom stereocenters. The summed E-state index contributed by atoms with van der Waals surface area (Å²) < 4.78 is 121. The number of hydrogen-bond acceptors (Lipinski definition) is 1. The first-order valence-electron chi connectivity index (χ1n) is 18.3. The first kappa shape index (κ1) is 11.5. The fourth-order valence-corrected chi connectivity index (χ4v) is 5.88. The van der Waals surface area contributed by atoms with Crippen LogP contribution in [0.15, 0.2) is 22.8 Å². The Balaban J connectivity index is 2.11. The fourth-order valence-electron chi connectivity index (χ4n) is 5.88. The molecular weight excluding hydrogens is 364 g/mol. The van der Waals surface area contributed by atoms with Crippen LogP contribution >= 0.6 is 0 Å². The van der Waals surface area contributed by atoms with Gasteiger partial charge in [0.25, 0.3) is 0 Å². The van der Waals surface area contributed by atoms with Crippen LogP contribution in [0.5, 0.6) is 0 Å². The molecule has 4 rings (SSSR count). The van der Waals surface area contributed by atoms with E-state index in [0.29, 0.717) is 18.8 Å². The van der Waals surface area contributed by atoms with Gasteiger partial charge in [0.2, 0.25) is 0 Å². The quantitative estimate of drug-likeness (QED) is 0.456. The molecule has 170 valence electrons. The molecule has 0 aromatic carbocycles. The molecule has 1 fully saturated rings. The summed E-state index contributed by atoms with van der Waals surface area (Å²) in [5.41, 5.74) is -5.74. The first-order valence-corrected chi connectivity index (χ1v) is 11.8. The average Bonchev–Trinajstić information content (AvgIpc) is 2.99. The molecule has 0 radical (unpaired) electrons. The van der Waals surface area contributed by atoms with Gasteiger partial charge in [-0.15, -0.1) is 0 Å². The van der Waals surface area contributed by atoms with Crippen molar-refractivity contribution in [2.45, 2.75) is 118 Å². The second-order valence-corrected chi connectivity index (χ2v) is 10.5. The summed E-state index contributed by atoms with van der Waals surface area (Å²) in [6.07, 6.45) is -15.1. The van der Waals surface area contributed by atoms with Crippen molar-refractivity contribution in [3.05, 3.63) is 22.8 Å². The van der Waals surface area contributed by atoms with E-state index in [2.05, 4.69) is 13.8 Å². The smallest absolute Gasteiger partial charge is 0.0579 e. The van der Waals surface area contributed by atoms with E-state index in [4.69, 9.17) is 4.11 Å². The fraction of sp³-hybridized carbons (Fsp3) is 0.862. The molecule has 30 heavy (non-hydrogen) atoms. The molecule has 0 saturated heterocycles. The van der Waals surface area contributed by atoms with Gasteiger partial charge in [0.05, 0.1) is 7.47 Å². The first-order chi connectivity index (χ1) is 19.2. The molecule has 1 heteroatoms. The lowest BCUT2D eigenvalue weighted by atomic mass is 9.51. The van der Waals surface area contributed by atoms with Crippen molar-refractivity contribution in [3.63, 3.8) is 0 Å². The predicted octanol–water partition coefficient (Wildman–Crippen LogP) is 8.09. The lowest BCUT2D eigenvalue weighted by molar-refractivity contribution is 0.0224. The van der Waals surface area contributed by atoms with Crippen molar-refractivity contribution < 1.29 is 22.9 Å². The summed E-state index contributed by atoms with van der Waals surface area (Å²) in [7, 11) is 0. The van der Waals surface area contributed by atoms with Crippen LogP contribution in [0.4, 0.5) is 0 Å². The molecular formula is C29H48O. The monoisotopic (exact) mass is 425 g/mol. The normalized spacial score (nSPS) is 60.5. The van der Waals surface area contributed by atoms with Gasteiger partial charge in [0.15, 0.2) is 0 Å². The second kappa shape index (κ2) is 8.42. The van der Waals surface area contributed by atoms with Crippen molar-refractivity contribution >= 4 is 0 Å². The predicted molar refractivity (Wildman–Crippen MR) is 128 cm³/mol. The molecule has 1 N–H and O–H groups in total. The van der Waals surface area contributed by atoms with Crippen LogP contribution in [-0.4, -0.2) is 11.2 Å². The van der Waals surface area contributed by atoms with Crippen molar-refractivity contribution in [1.29, 1.82) is 0 Å². The maximum atomic E-state index is 10.5. The lowest BCUT2D eigenvalue weighted by Gasteiger charge is -2.54. The third-order valence-corrected chi connectivity index (χ3v) is 8.20. The Labute approximate surface area is 205 Å². The number of fused-ring (bicyclic) bond motifs is 4. The van der Waals surface area contributed by atoms with E-state index in [1.54, 1.807) is 6.92 Å². The minimum absolute atomic E-state index is 0.0603. The lowest BCUT2D eigenvalue weighted by Crippen LogP contribution is -2.44. The van der Waals surface area contributed by atoms with Gasteiger partial charge >= 0.3 is 0 Å². The van der Waals surface area contributed by atoms with Crippen molar-refractivity contribution in [2.75, 3.05) is 0 Å².